The average molecular weight is 238 g/mol. The third kappa shape index (κ3) is 3.08. The van der Waals surface area contributed by atoms with Gasteiger partial charge in [0.25, 0.3) is 0 Å². The predicted octanol–water partition coefficient (Wildman–Crippen LogP) is 3.92. The van der Waals surface area contributed by atoms with Crippen LogP contribution in [0.5, 0.6) is 0 Å². The minimum absolute atomic E-state index is 0.478. The van der Waals surface area contributed by atoms with Crippen molar-refractivity contribution in [2.24, 2.45) is 0 Å². The molecule has 0 aromatic heterocycles. The van der Waals surface area contributed by atoms with Crippen LogP contribution in [-0.4, -0.2) is 11.2 Å². The Morgan fingerprint density at radius 1 is 1.00 bits per heavy atom. The molecule has 0 spiro atoms. The SMILES string of the molecule is Cc1ccc(/C=C(\c2ccccc2)[C@H](C)O)cc1. The van der Waals surface area contributed by atoms with Crippen LogP contribution in [0.1, 0.15) is 23.6 Å². The van der Waals surface area contributed by atoms with Crippen molar-refractivity contribution >= 4 is 11.6 Å². The first-order valence-corrected chi connectivity index (χ1v) is 6.18. The molecule has 18 heavy (non-hydrogen) atoms. The molecule has 0 aliphatic rings. The van der Waals surface area contributed by atoms with E-state index in [0.717, 1.165) is 16.7 Å². The highest BCUT2D eigenvalue weighted by molar-refractivity contribution is 5.83. The molecular formula is C17H18O. The van der Waals surface area contributed by atoms with Gasteiger partial charge in [-0.3, -0.25) is 0 Å². The molecule has 0 bridgehead atoms. The number of rotatable bonds is 3. The maximum absolute atomic E-state index is 9.91. The molecule has 0 aliphatic carbocycles. The third-order valence-corrected chi connectivity index (χ3v) is 2.96. The maximum Gasteiger partial charge on any atom is 0.0767 e. The molecule has 2 aromatic carbocycles. The molecule has 2 aromatic rings. The van der Waals surface area contributed by atoms with E-state index in [1.54, 1.807) is 6.92 Å². The summed E-state index contributed by atoms with van der Waals surface area (Å²) in [4.78, 5) is 0. The van der Waals surface area contributed by atoms with E-state index in [9.17, 15) is 5.11 Å². The minimum Gasteiger partial charge on any atom is -0.389 e. The number of aryl methyl sites for hydroxylation is 1. The van der Waals surface area contributed by atoms with E-state index in [1.165, 1.54) is 5.56 Å². The molecule has 0 radical (unpaired) electrons. The number of aliphatic hydroxyl groups is 1. The number of aliphatic hydroxyl groups excluding tert-OH is 1. The van der Waals surface area contributed by atoms with E-state index in [4.69, 9.17) is 0 Å². The van der Waals surface area contributed by atoms with E-state index < -0.39 is 6.10 Å². The molecular weight excluding hydrogens is 220 g/mol. The van der Waals surface area contributed by atoms with Gasteiger partial charge >= 0.3 is 0 Å². The smallest absolute Gasteiger partial charge is 0.0767 e. The Hall–Kier alpha value is -1.86. The summed E-state index contributed by atoms with van der Waals surface area (Å²) in [6, 6.07) is 18.3. The lowest BCUT2D eigenvalue weighted by Gasteiger charge is -2.11. The van der Waals surface area contributed by atoms with E-state index in [1.807, 2.05) is 36.4 Å². The van der Waals surface area contributed by atoms with Crippen molar-refractivity contribution in [1.29, 1.82) is 0 Å². The fourth-order valence-corrected chi connectivity index (χ4v) is 1.92. The van der Waals surface area contributed by atoms with Crippen molar-refractivity contribution in [3.63, 3.8) is 0 Å². The molecule has 0 unspecified atom stereocenters. The highest BCUT2D eigenvalue weighted by Gasteiger charge is 2.07. The zero-order chi connectivity index (χ0) is 13.0. The van der Waals surface area contributed by atoms with E-state index in [-0.39, 0.29) is 0 Å². The first-order valence-electron chi connectivity index (χ1n) is 6.18. The van der Waals surface area contributed by atoms with Crippen molar-refractivity contribution in [2.45, 2.75) is 20.0 Å². The van der Waals surface area contributed by atoms with Gasteiger partial charge in [-0.25, -0.2) is 0 Å². The normalized spacial score (nSPS) is 13.4. The van der Waals surface area contributed by atoms with Gasteiger partial charge in [0.2, 0.25) is 0 Å². The molecule has 1 heteroatoms. The van der Waals surface area contributed by atoms with Crippen LogP contribution in [0, 0.1) is 6.92 Å². The van der Waals surface area contributed by atoms with Crippen LogP contribution >= 0.6 is 0 Å². The highest BCUT2D eigenvalue weighted by Crippen LogP contribution is 2.21. The molecule has 0 heterocycles. The number of hydrogen-bond acceptors (Lipinski definition) is 1. The summed E-state index contributed by atoms with van der Waals surface area (Å²) in [5, 5.41) is 9.91. The Morgan fingerprint density at radius 2 is 1.61 bits per heavy atom. The zero-order valence-electron chi connectivity index (χ0n) is 10.8. The van der Waals surface area contributed by atoms with Gasteiger partial charge in [-0.15, -0.1) is 0 Å². The van der Waals surface area contributed by atoms with E-state index in [2.05, 4.69) is 31.2 Å². The van der Waals surface area contributed by atoms with Crippen molar-refractivity contribution in [1.82, 2.24) is 0 Å². The number of hydrogen-bond donors (Lipinski definition) is 1. The van der Waals surface area contributed by atoms with Gasteiger partial charge in [0.1, 0.15) is 0 Å². The summed E-state index contributed by atoms with van der Waals surface area (Å²) >= 11 is 0. The fourth-order valence-electron chi connectivity index (χ4n) is 1.92. The quantitative estimate of drug-likeness (QED) is 0.804. The molecule has 0 saturated carbocycles. The predicted molar refractivity (Wildman–Crippen MR) is 77.2 cm³/mol. The molecule has 0 aliphatic heterocycles. The summed E-state index contributed by atoms with van der Waals surface area (Å²) in [5.41, 5.74) is 4.36. The third-order valence-electron chi connectivity index (χ3n) is 2.96. The summed E-state index contributed by atoms with van der Waals surface area (Å²) < 4.78 is 0. The van der Waals surface area contributed by atoms with Gasteiger partial charge in [-0.1, -0.05) is 60.2 Å². The maximum atomic E-state index is 9.91. The zero-order valence-corrected chi connectivity index (χ0v) is 10.8. The summed E-state index contributed by atoms with van der Waals surface area (Å²) in [6.45, 7) is 3.87. The molecule has 1 N–H and O–H groups in total. The van der Waals surface area contributed by atoms with Gasteiger partial charge in [-0.2, -0.15) is 0 Å². The second-order valence-electron chi connectivity index (χ2n) is 4.55. The Kier molecular flexibility index (Phi) is 3.96. The van der Waals surface area contributed by atoms with Gasteiger partial charge in [0, 0.05) is 0 Å². The van der Waals surface area contributed by atoms with E-state index >= 15 is 0 Å². The monoisotopic (exact) mass is 238 g/mol. The first-order chi connectivity index (χ1) is 8.66. The van der Waals surface area contributed by atoms with Crippen LogP contribution in [-0.2, 0) is 0 Å². The number of benzene rings is 2. The molecule has 1 nitrogen and oxygen atoms in total. The topological polar surface area (TPSA) is 20.2 Å². The Labute approximate surface area is 108 Å². The molecule has 1 atom stereocenters. The second kappa shape index (κ2) is 5.65. The van der Waals surface area contributed by atoms with Gasteiger partial charge < -0.3 is 5.11 Å². The van der Waals surface area contributed by atoms with Crippen LogP contribution in [0.15, 0.2) is 54.6 Å². The minimum atomic E-state index is -0.478. The highest BCUT2D eigenvalue weighted by atomic mass is 16.3. The Balaban J connectivity index is 2.39. The van der Waals surface area contributed by atoms with Crippen molar-refractivity contribution in [3.8, 4) is 0 Å². The van der Waals surface area contributed by atoms with Crippen LogP contribution in [0.3, 0.4) is 0 Å². The largest absolute Gasteiger partial charge is 0.389 e. The first kappa shape index (κ1) is 12.6. The fraction of sp³-hybridized carbons (Fsp3) is 0.176. The van der Waals surface area contributed by atoms with Crippen molar-refractivity contribution in [3.05, 3.63) is 71.3 Å². The summed E-state index contributed by atoms with van der Waals surface area (Å²) in [7, 11) is 0. The molecule has 2 rings (SSSR count). The van der Waals surface area contributed by atoms with Crippen LogP contribution < -0.4 is 0 Å². The molecule has 0 amide bonds. The van der Waals surface area contributed by atoms with Crippen LogP contribution in [0.2, 0.25) is 0 Å². The van der Waals surface area contributed by atoms with Crippen molar-refractivity contribution in [2.75, 3.05) is 0 Å². The lowest BCUT2D eigenvalue weighted by Crippen LogP contribution is -2.03. The molecule has 92 valence electrons. The van der Waals surface area contributed by atoms with Gasteiger partial charge in [-0.05, 0) is 36.6 Å². The van der Waals surface area contributed by atoms with Crippen molar-refractivity contribution < 1.29 is 5.11 Å². The van der Waals surface area contributed by atoms with Gasteiger partial charge in [0.15, 0.2) is 0 Å². The lowest BCUT2D eigenvalue weighted by atomic mass is 9.98. The van der Waals surface area contributed by atoms with E-state index in [0.29, 0.717) is 0 Å². The standard InChI is InChI=1S/C17H18O/c1-13-8-10-15(11-9-13)12-17(14(2)18)16-6-4-3-5-7-16/h3-12,14,18H,1-2H3/b17-12-/t14-/m0/s1. The average Bonchev–Trinajstić information content (AvgIpc) is 2.38. The molecule has 0 fully saturated rings. The Bertz CT molecular complexity index is 521. The summed E-state index contributed by atoms with van der Waals surface area (Å²) in [5.74, 6) is 0. The van der Waals surface area contributed by atoms with Crippen LogP contribution in [0.4, 0.5) is 0 Å². The Morgan fingerprint density at radius 3 is 2.17 bits per heavy atom. The summed E-state index contributed by atoms with van der Waals surface area (Å²) in [6.07, 6.45) is 1.56. The lowest BCUT2D eigenvalue weighted by molar-refractivity contribution is 0.254. The molecule has 0 saturated heterocycles. The van der Waals surface area contributed by atoms with Gasteiger partial charge in [0.05, 0.1) is 6.10 Å². The van der Waals surface area contributed by atoms with Crippen LogP contribution in [0.25, 0.3) is 11.6 Å². The second-order valence-corrected chi connectivity index (χ2v) is 4.55.